The molecule has 0 unspecified atom stereocenters. The van der Waals surface area contributed by atoms with Gasteiger partial charge in [-0.15, -0.1) is 0 Å². The second-order valence-corrected chi connectivity index (χ2v) is 15.4. The first-order chi connectivity index (χ1) is 27.7. The van der Waals surface area contributed by atoms with Crippen molar-refractivity contribution in [3.63, 3.8) is 0 Å². The SMILES string of the molecule is COc1ccc(Nc2nc(N)nc(NC3CCCCCC3)n2)cc1F.COc1ccc(Nc2nc(NC3CCCCCC3)nc(NC3CCC(C)CC3)n2)cc1F. The molecule has 16 heteroatoms. The third kappa shape index (κ3) is 12.9. The Morgan fingerprint density at radius 2 is 0.877 bits per heavy atom. The van der Waals surface area contributed by atoms with Crippen LogP contribution in [0.1, 0.15) is 110 Å². The molecule has 2 aromatic heterocycles. The summed E-state index contributed by atoms with van der Waals surface area (Å²) in [7, 11) is 2.87. The van der Waals surface area contributed by atoms with E-state index in [1.807, 2.05) is 0 Å². The fourth-order valence-corrected chi connectivity index (χ4v) is 7.62. The maximum atomic E-state index is 14.2. The zero-order valence-corrected chi connectivity index (χ0v) is 33.4. The van der Waals surface area contributed by atoms with Gasteiger partial charge in [-0.2, -0.15) is 29.9 Å². The van der Waals surface area contributed by atoms with Crippen molar-refractivity contribution in [1.82, 2.24) is 29.9 Å². The smallest absolute Gasteiger partial charge is 0.233 e. The van der Waals surface area contributed by atoms with Crippen LogP contribution in [0.3, 0.4) is 0 Å². The summed E-state index contributed by atoms with van der Waals surface area (Å²) >= 11 is 0. The van der Waals surface area contributed by atoms with Crippen LogP contribution in [0.25, 0.3) is 0 Å². The molecule has 7 N–H and O–H groups in total. The van der Waals surface area contributed by atoms with E-state index in [2.05, 4.69) is 63.4 Å². The number of hydrogen-bond acceptors (Lipinski definition) is 14. The van der Waals surface area contributed by atoms with Crippen molar-refractivity contribution in [1.29, 1.82) is 0 Å². The van der Waals surface area contributed by atoms with Crippen molar-refractivity contribution in [2.75, 3.05) is 46.5 Å². The molecule has 0 aliphatic heterocycles. The highest BCUT2D eigenvalue weighted by Crippen LogP contribution is 2.28. The quantitative estimate of drug-likeness (QED) is 0.0747. The van der Waals surface area contributed by atoms with Crippen LogP contribution in [0, 0.1) is 17.6 Å². The lowest BCUT2D eigenvalue weighted by molar-refractivity contribution is 0.360. The lowest BCUT2D eigenvalue weighted by Crippen LogP contribution is -2.27. The lowest BCUT2D eigenvalue weighted by Gasteiger charge is -2.27. The highest BCUT2D eigenvalue weighted by atomic mass is 19.1. The number of nitrogens with two attached hydrogens (primary N) is 1. The van der Waals surface area contributed by atoms with E-state index < -0.39 is 11.6 Å². The van der Waals surface area contributed by atoms with Gasteiger partial charge in [0.2, 0.25) is 35.7 Å². The Hall–Kier alpha value is -5.28. The van der Waals surface area contributed by atoms with Gasteiger partial charge in [0.05, 0.1) is 14.2 Å². The molecule has 4 aromatic rings. The van der Waals surface area contributed by atoms with E-state index in [-0.39, 0.29) is 23.4 Å². The van der Waals surface area contributed by atoms with Gasteiger partial charge in [-0.1, -0.05) is 58.3 Å². The minimum absolute atomic E-state index is 0.114. The van der Waals surface area contributed by atoms with Gasteiger partial charge in [-0.05, 0) is 81.5 Å². The van der Waals surface area contributed by atoms with E-state index in [1.54, 1.807) is 18.2 Å². The van der Waals surface area contributed by atoms with Gasteiger partial charge in [0.25, 0.3) is 0 Å². The number of rotatable bonds is 12. The number of aromatic nitrogens is 6. The molecular weight excluding hydrogens is 731 g/mol. The van der Waals surface area contributed by atoms with Gasteiger partial charge in [0, 0.05) is 41.6 Å². The average molecular weight is 789 g/mol. The van der Waals surface area contributed by atoms with Crippen molar-refractivity contribution in [3.05, 3.63) is 48.0 Å². The second kappa shape index (κ2) is 20.8. The summed E-state index contributed by atoms with van der Waals surface area (Å²) in [6, 6.07) is 10.3. The van der Waals surface area contributed by atoms with Crippen LogP contribution in [-0.4, -0.2) is 62.2 Å². The summed E-state index contributed by atoms with van der Waals surface area (Å²) in [6.45, 7) is 2.31. The molecule has 3 saturated carbocycles. The summed E-state index contributed by atoms with van der Waals surface area (Å²) in [4.78, 5) is 26.4. The maximum Gasteiger partial charge on any atom is 0.233 e. The Bertz CT molecular complexity index is 1860. The molecule has 7 rings (SSSR count). The first-order valence-corrected chi connectivity index (χ1v) is 20.5. The molecule has 3 aliphatic rings. The minimum Gasteiger partial charge on any atom is -0.494 e. The van der Waals surface area contributed by atoms with E-state index in [4.69, 9.17) is 15.2 Å². The van der Waals surface area contributed by atoms with Crippen LogP contribution in [0.5, 0.6) is 11.5 Å². The standard InChI is InChI=1S/C24H35FN6O.C17H23FN6O/c1-16-9-11-18(12-10-16)27-23-29-22(26-17-7-5-3-4-6-8-17)30-24(31-23)28-19-13-14-21(32-2)20(25)15-19;1-25-14-9-8-12(10-13(14)18)21-17-23-15(19)22-16(24-17)20-11-6-4-2-3-5-7-11/h13-18H,3-12H2,1-2H3,(H3,26,27,28,29,30,31);8-11H,2-7H2,1H3,(H4,19,20,21,22,23,24). The van der Waals surface area contributed by atoms with E-state index >= 15 is 0 Å². The van der Waals surface area contributed by atoms with Gasteiger partial charge in [-0.3, -0.25) is 0 Å². The maximum absolute atomic E-state index is 14.2. The van der Waals surface area contributed by atoms with Crippen LogP contribution in [-0.2, 0) is 0 Å². The fraction of sp³-hybridized carbons (Fsp3) is 0.561. The molecule has 308 valence electrons. The molecule has 2 heterocycles. The number of ether oxygens (including phenoxy) is 2. The van der Waals surface area contributed by atoms with Crippen molar-refractivity contribution in [3.8, 4) is 11.5 Å². The number of anilines is 8. The predicted octanol–water partition coefficient (Wildman–Crippen LogP) is 9.37. The molecule has 3 aliphatic carbocycles. The number of nitrogen functional groups attached to an aromatic ring is 1. The first kappa shape index (κ1) is 41.4. The molecule has 0 amide bonds. The summed E-state index contributed by atoms with van der Waals surface area (Å²) in [5.74, 6) is 2.61. The second-order valence-electron chi connectivity index (χ2n) is 15.4. The van der Waals surface area contributed by atoms with Crippen LogP contribution in [0.15, 0.2) is 36.4 Å². The number of nitrogens with zero attached hydrogens (tertiary/aromatic N) is 6. The van der Waals surface area contributed by atoms with Gasteiger partial charge in [-0.25, -0.2) is 8.78 Å². The molecule has 0 saturated heterocycles. The summed E-state index contributed by atoms with van der Waals surface area (Å²) in [5, 5.41) is 16.5. The van der Waals surface area contributed by atoms with Gasteiger partial charge in [0.1, 0.15) is 0 Å². The van der Waals surface area contributed by atoms with Crippen molar-refractivity contribution >= 4 is 47.1 Å². The summed E-state index contributed by atoms with van der Waals surface area (Å²) in [6.07, 6.45) is 19.1. The van der Waals surface area contributed by atoms with E-state index in [0.29, 0.717) is 53.3 Å². The van der Waals surface area contributed by atoms with E-state index in [0.717, 1.165) is 44.4 Å². The molecule has 0 spiro atoms. The summed E-state index contributed by atoms with van der Waals surface area (Å²) in [5.41, 5.74) is 6.85. The Kier molecular flexibility index (Phi) is 15.1. The molecule has 3 fully saturated rings. The van der Waals surface area contributed by atoms with Crippen LogP contribution >= 0.6 is 0 Å². The van der Waals surface area contributed by atoms with E-state index in [1.165, 1.54) is 96.6 Å². The molecule has 0 atom stereocenters. The number of halogens is 2. The number of methoxy groups -OCH3 is 2. The predicted molar refractivity (Wildman–Crippen MR) is 222 cm³/mol. The van der Waals surface area contributed by atoms with Crippen molar-refractivity contribution in [2.24, 2.45) is 5.92 Å². The van der Waals surface area contributed by atoms with Crippen molar-refractivity contribution in [2.45, 2.75) is 128 Å². The number of nitrogens with one attached hydrogen (secondary N) is 5. The third-order valence-electron chi connectivity index (χ3n) is 10.8. The third-order valence-corrected chi connectivity index (χ3v) is 10.8. The van der Waals surface area contributed by atoms with Crippen molar-refractivity contribution < 1.29 is 18.3 Å². The molecule has 0 bridgehead atoms. The van der Waals surface area contributed by atoms with Gasteiger partial charge >= 0.3 is 0 Å². The Morgan fingerprint density at radius 3 is 1.30 bits per heavy atom. The molecular formula is C41H58F2N12O2. The number of benzene rings is 2. The average Bonchev–Trinajstić information content (AvgIpc) is 3.61. The monoisotopic (exact) mass is 788 g/mol. The molecule has 57 heavy (non-hydrogen) atoms. The van der Waals surface area contributed by atoms with Gasteiger partial charge in [0.15, 0.2) is 23.1 Å². The largest absolute Gasteiger partial charge is 0.494 e. The van der Waals surface area contributed by atoms with Crippen LogP contribution in [0.4, 0.5) is 55.8 Å². The van der Waals surface area contributed by atoms with Gasteiger partial charge < -0.3 is 41.8 Å². The Balaban J connectivity index is 0.000000199. The molecule has 14 nitrogen and oxygen atoms in total. The first-order valence-electron chi connectivity index (χ1n) is 20.5. The lowest BCUT2D eigenvalue weighted by atomic mass is 9.87. The summed E-state index contributed by atoms with van der Waals surface area (Å²) < 4.78 is 37.9. The van der Waals surface area contributed by atoms with Crippen LogP contribution in [0.2, 0.25) is 0 Å². The van der Waals surface area contributed by atoms with E-state index in [9.17, 15) is 8.78 Å². The number of hydrogen-bond donors (Lipinski definition) is 6. The molecule has 2 aromatic carbocycles. The molecule has 0 radical (unpaired) electrons. The zero-order valence-electron chi connectivity index (χ0n) is 33.4. The normalized spacial score (nSPS) is 19.2. The highest BCUT2D eigenvalue weighted by molar-refractivity contribution is 5.58. The highest BCUT2D eigenvalue weighted by Gasteiger charge is 2.21. The van der Waals surface area contributed by atoms with Crippen LogP contribution < -0.4 is 41.8 Å². The Labute approximate surface area is 334 Å². The fourth-order valence-electron chi connectivity index (χ4n) is 7.62. The Morgan fingerprint density at radius 1 is 0.509 bits per heavy atom. The minimum atomic E-state index is -0.466. The zero-order chi connectivity index (χ0) is 40.0. The topological polar surface area (TPSA) is 182 Å².